The number of rotatable bonds is 9. The van der Waals surface area contributed by atoms with Gasteiger partial charge in [0.15, 0.2) is 0 Å². The molecule has 1 heterocycles. The molecule has 0 N–H and O–H groups in total. The maximum Gasteiger partial charge on any atom is 0.0540 e. The number of nitrogens with zero attached hydrogens (tertiary/aromatic N) is 2. The van der Waals surface area contributed by atoms with Crippen molar-refractivity contribution in [3.8, 4) is 44.5 Å². The molecule has 3 heteroatoms. The van der Waals surface area contributed by atoms with Gasteiger partial charge in [-0.2, -0.15) is 0 Å². The highest BCUT2D eigenvalue weighted by molar-refractivity contribution is 7.26. The zero-order valence-corrected chi connectivity index (χ0v) is 48.5. The number of fused-ring (bicyclic) bond motifs is 14. The topological polar surface area (TPSA) is 6.48 Å². The number of hydrogen-bond acceptors (Lipinski definition) is 3. The van der Waals surface area contributed by atoms with Gasteiger partial charge in [0.05, 0.1) is 11.4 Å². The lowest BCUT2D eigenvalue weighted by molar-refractivity contribution is 0.660. The number of thiophene rings is 1. The van der Waals surface area contributed by atoms with Crippen LogP contribution in [-0.4, -0.2) is 0 Å². The summed E-state index contributed by atoms with van der Waals surface area (Å²) < 4.78 is 2.67. The Morgan fingerprint density at radius 2 is 0.733 bits per heavy atom. The molecular formula is C83H56N2S. The van der Waals surface area contributed by atoms with E-state index in [1.807, 2.05) is 11.3 Å². The fraction of sp³-hybridized carbons (Fsp3) is 0.0361. The molecular weight excluding hydrogens is 1060 g/mol. The first-order valence-corrected chi connectivity index (χ1v) is 30.6. The van der Waals surface area contributed by atoms with Gasteiger partial charge in [0.1, 0.15) is 0 Å². The molecule has 1 aromatic heterocycles. The van der Waals surface area contributed by atoms with E-state index in [1.54, 1.807) is 0 Å². The van der Waals surface area contributed by atoms with E-state index in [1.165, 1.54) is 124 Å². The fourth-order valence-corrected chi connectivity index (χ4v) is 15.5. The van der Waals surface area contributed by atoms with Gasteiger partial charge in [-0.3, -0.25) is 0 Å². The molecule has 86 heavy (non-hydrogen) atoms. The summed E-state index contributed by atoms with van der Waals surface area (Å²) in [6.07, 6.45) is 0. The first-order chi connectivity index (χ1) is 42.4. The van der Waals surface area contributed by atoms with Gasteiger partial charge >= 0.3 is 0 Å². The molecule has 0 spiro atoms. The summed E-state index contributed by atoms with van der Waals surface area (Å²) in [6.45, 7) is 4.83. The minimum absolute atomic E-state index is 0.270. The molecule has 0 radical (unpaired) electrons. The Kier molecular flexibility index (Phi) is 11.5. The van der Waals surface area contributed by atoms with Gasteiger partial charge < -0.3 is 9.80 Å². The Hall–Kier alpha value is -10.6. The van der Waals surface area contributed by atoms with Crippen molar-refractivity contribution in [3.63, 3.8) is 0 Å². The Morgan fingerprint density at radius 3 is 1.47 bits per heavy atom. The second-order valence-corrected chi connectivity index (χ2v) is 24.6. The summed E-state index contributed by atoms with van der Waals surface area (Å²) >= 11 is 1.90. The van der Waals surface area contributed by atoms with Gasteiger partial charge in [0.2, 0.25) is 0 Å². The molecule has 0 amide bonds. The molecule has 15 aromatic carbocycles. The van der Waals surface area contributed by atoms with E-state index in [0.29, 0.717) is 0 Å². The minimum atomic E-state index is -0.270. The average Bonchev–Trinajstić information content (AvgIpc) is 1.53. The van der Waals surface area contributed by atoms with Crippen molar-refractivity contribution in [1.29, 1.82) is 0 Å². The van der Waals surface area contributed by atoms with Gasteiger partial charge in [-0.05, 0) is 178 Å². The summed E-state index contributed by atoms with van der Waals surface area (Å²) in [6, 6.07) is 113. The van der Waals surface area contributed by atoms with Gasteiger partial charge in [0, 0.05) is 59.1 Å². The lowest BCUT2D eigenvalue weighted by Gasteiger charge is -2.30. The molecule has 0 bridgehead atoms. The van der Waals surface area contributed by atoms with Crippen LogP contribution in [0.1, 0.15) is 25.0 Å². The average molecular weight is 1110 g/mol. The number of hydrogen-bond donors (Lipinski definition) is 0. The van der Waals surface area contributed by atoms with Crippen LogP contribution in [0.3, 0.4) is 0 Å². The van der Waals surface area contributed by atoms with Crippen LogP contribution in [0, 0.1) is 0 Å². The highest BCUT2D eigenvalue weighted by atomic mass is 32.1. The van der Waals surface area contributed by atoms with Crippen molar-refractivity contribution >= 4 is 119 Å². The SMILES string of the molecule is CC1(C)c2cc(-c3cccc4c3sc3ccccc34)ccc2-c2ccc(N(c3ccc(-c4ccc5c6ccccc6c6ccccc6c5c4)cc3)c3ccc(-c4ccc(N(c5ccccc5)c5cccc6ccccc56)cc4)c4ccccc34)cc21. The summed E-state index contributed by atoms with van der Waals surface area (Å²) in [5, 5.41) is 15.1. The fourth-order valence-electron chi connectivity index (χ4n) is 14.3. The zero-order chi connectivity index (χ0) is 57.0. The molecule has 404 valence electrons. The highest BCUT2D eigenvalue weighted by Crippen LogP contribution is 2.54. The van der Waals surface area contributed by atoms with Crippen molar-refractivity contribution in [3.05, 3.63) is 314 Å². The lowest BCUT2D eigenvalue weighted by Crippen LogP contribution is -2.17. The lowest BCUT2D eigenvalue weighted by atomic mass is 9.81. The zero-order valence-electron chi connectivity index (χ0n) is 47.7. The van der Waals surface area contributed by atoms with Crippen molar-refractivity contribution in [2.24, 2.45) is 0 Å². The van der Waals surface area contributed by atoms with E-state index in [-0.39, 0.29) is 5.41 Å². The molecule has 0 saturated heterocycles. The van der Waals surface area contributed by atoms with Crippen LogP contribution < -0.4 is 9.80 Å². The largest absolute Gasteiger partial charge is 0.310 e. The third-order valence-electron chi connectivity index (χ3n) is 18.4. The van der Waals surface area contributed by atoms with Crippen LogP contribution in [0.5, 0.6) is 0 Å². The highest BCUT2D eigenvalue weighted by Gasteiger charge is 2.37. The van der Waals surface area contributed by atoms with Gasteiger partial charge in [-0.1, -0.05) is 238 Å². The van der Waals surface area contributed by atoms with E-state index in [2.05, 4.69) is 327 Å². The summed E-state index contributed by atoms with van der Waals surface area (Å²) in [7, 11) is 0. The normalized spacial score (nSPS) is 12.6. The maximum atomic E-state index is 2.49. The molecule has 1 aliphatic carbocycles. The number of benzene rings is 15. The monoisotopic (exact) mass is 1110 g/mol. The molecule has 0 unspecified atom stereocenters. The van der Waals surface area contributed by atoms with Crippen LogP contribution in [0.4, 0.5) is 34.1 Å². The van der Waals surface area contributed by atoms with Crippen LogP contribution in [0.25, 0.3) is 119 Å². The summed E-state index contributed by atoms with van der Waals surface area (Å²) in [5.41, 5.74) is 19.0. The number of para-hydroxylation sites is 1. The van der Waals surface area contributed by atoms with E-state index >= 15 is 0 Å². The van der Waals surface area contributed by atoms with Crippen molar-refractivity contribution in [2.45, 2.75) is 19.3 Å². The number of anilines is 6. The third kappa shape index (κ3) is 7.93. The molecule has 0 saturated carbocycles. The molecule has 1 aliphatic rings. The summed E-state index contributed by atoms with van der Waals surface area (Å²) in [4.78, 5) is 4.87. The molecule has 0 atom stereocenters. The van der Waals surface area contributed by atoms with E-state index in [4.69, 9.17) is 0 Å². The molecule has 0 fully saturated rings. The van der Waals surface area contributed by atoms with Crippen molar-refractivity contribution in [1.82, 2.24) is 0 Å². The smallest absolute Gasteiger partial charge is 0.0540 e. The van der Waals surface area contributed by atoms with Gasteiger partial charge in [0.25, 0.3) is 0 Å². The first-order valence-electron chi connectivity index (χ1n) is 29.8. The van der Waals surface area contributed by atoms with Crippen molar-refractivity contribution in [2.75, 3.05) is 9.80 Å². The van der Waals surface area contributed by atoms with E-state index in [0.717, 1.165) is 39.7 Å². The standard InChI is InChI=1S/C83H56N2S/c1-83(2)77-51-57(64-30-17-31-75-74-29-14-15-33-81(74)86-82(64)75)39-46-71(77)72-47-44-61(52-78(72)83)85(60-40-34-53(35-41-60)56-38-45-70-68-26-9-8-24-66(68)67-25-10-11-27-69(67)76(70)50-56)80-49-48-62(65-23-12-13-28-73(65)80)55-36-42-59(43-37-55)84(58-20-4-3-5-21-58)79-32-16-19-54-18-6-7-22-63(54)79/h3-52H,1-2H3. The first kappa shape index (κ1) is 50.0. The predicted octanol–water partition coefficient (Wildman–Crippen LogP) is 24.1. The minimum Gasteiger partial charge on any atom is -0.310 e. The molecule has 17 rings (SSSR count). The Morgan fingerprint density at radius 1 is 0.256 bits per heavy atom. The Labute approximate surface area is 504 Å². The second-order valence-electron chi connectivity index (χ2n) is 23.5. The van der Waals surface area contributed by atoms with E-state index < -0.39 is 0 Å². The Balaban J connectivity index is 0.789. The van der Waals surface area contributed by atoms with Crippen LogP contribution >= 0.6 is 11.3 Å². The second kappa shape index (κ2) is 19.8. The summed E-state index contributed by atoms with van der Waals surface area (Å²) in [5.74, 6) is 0. The molecule has 0 aliphatic heterocycles. The quantitative estimate of drug-likeness (QED) is 0.133. The molecule has 2 nitrogen and oxygen atoms in total. The maximum absolute atomic E-state index is 2.49. The Bertz CT molecular complexity index is 5340. The predicted molar refractivity (Wildman–Crippen MR) is 370 cm³/mol. The van der Waals surface area contributed by atoms with Crippen LogP contribution in [-0.2, 0) is 5.41 Å². The van der Waals surface area contributed by atoms with Crippen molar-refractivity contribution < 1.29 is 0 Å². The van der Waals surface area contributed by atoms with Crippen LogP contribution in [0.15, 0.2) is 303 Å². The molecule has 16 aromatic rings. The van der Waals surface area contributed by atoms with Gasteiger partial charge in [-0.25, -0.2) is 0 Å². The third-order valence-corrected chi connectivity index (χ3v) is 19.7. The van der Waals surface area contributed by atoms with Crippen LogP contribution in [0.2, 0.25) is 0 Å². The van der Waals surface area contributed by atoms with Gasteiger partial charge in [-0.15, -0.1) is 11.3 Å². The van der Waals surface area contributed by atoms with E-state index in [9.17, 15) is 0 Å².